The monoisotopic (exact) mass is 420 g/mol. The second-order valence-corrected chi connectivity index (χ2v) is 7.32. The summed E-state index contributed by atoms with van der Waals surface area (Å²) < 4.78 is 0.854. The molecule has 1 aliphatic rings. The molecule has 1 saturated heterocycles. The molecule has 0 saturated carbocycles. The van der Waals surface area contributed by atoms with Crippen molar-refractivity contribution in [3.05, 3.63) is 63.6 Å². The summed E-state index contributed by atoms with van der Waals surface area (Å²) in [6.07, 6.45) is 0.978. The van der Waals surface area contributed by atoms with Crippen LogP contribution >= 0.6 is 27.5 Å². The molecule has 2 amide bonds. The van der Waals surface area contributed by atoms with Gasteiger partial charge in [0.25, 0.3) is 0 Å². The zero-order valence-corrected chi connectivity index (χ0v) is 15.9. The molecule has 2 aromatic carbocycles. The minimum absolute atomic E-state index is 0.0234. The van der Waals surface area contributed by atoms with Crippen LogP contribution in [-0.2, 0) is 16.0 Å². The molecule has 0 bridgehead atoms. The maximum atomic E-state index is 12.4. The van der Waals surface area contributed by atoms with Gasteiger partial charge in [0.15, 0.2) is 0 Å². The summed E-state index contributed by atoms with van der Waals surface area (Å²) in [5.74, 6) is -0.411. The van der Waals surface area contributed by atoms with Crippen molar-refractivity contribution in [2.24, 2.45) is 5.92 Å². The standard InChI is InChI=1S/C19H18BrClN2O2/c20-16-3-1-2-4-17(16)23-12-14(11-18(23)24)19(25)22-10-9-13-5-7-15(21)8-6-13/h1-8,14H,9-12H2,(H,22,25). The van der Waals surface area contributed by atoms with E-state index in [0.717, 1.165) is 22.1 Å². The zero-order valence-electron chi connectivity index (χ0n) is 13.5. The molecule has 1 heterocycles. The van der Waals surface area contributed by atoms with E-state index in [4.69, 9.17) is 11.6 Å². The number of halogens is 2. The van der Waals surface area contributed by atoms with Gasteiger partial charge in [-0.25, -0.2) is 0 Å². The number of nitrogens with one attached hydrogen (secondary N) is 1. The molecule has 6 heteroatoms. The predicted molar refractivity (Wildman–Crippen MR) is 103 cm³/mol. The van der Waals surface area contributed by atoms with Gasteiger partial charge in [-0.15, -0.1) is 0 Å². The minimum atomic E-state index is -0.315. The molecular weight excluding hydrogens is 404 g/mol. The number of nitrogens with zero attached hydrogens (tertiary/aromatic N) is 1. The Morgan fingerprint density at radius 1 is 1.20 bits per heavy atom. The van der Waals surface area contributed by atoms with Gasteiger partial charge in [-0.05, 0) is 52.2 Å². The van der Waals surface area contributed by atoms with Gasteiger partial charge in [0.1, 0.15) is 0 Å². The molecule has 0 radical (unpaired) electrons. The van der Waals surface area contributed by atoms with Gasteiger partial charge in [0.2, 0.25) is 11.8 Å². The molecule has 0 spiro atoms. The second-order valence-electron chi connectivity index (χ2n) is 6.02. The molecule has 1 fully saturated rings. The highest BCUT2D eigenvalue weighted by atomic mass is 79.9. The summed E-state index contributed by atoms with van der Waals surface area (Å²) in [5, 5.41) is 3.63. The van der Waals surface area contributed by atoms with Crippen LogP contribution in [0, 0.1) is 5.92 Å². The lowest BCUT2D eigenvalue weighted by Gasteiger charge is -2.18. The van der Waals surface area contributed by atoms with Crippen molar-refractivity contribution in [1.29, 1.82) is 0 Å². The quantitative estimate of drug-likeness (QED) is 0.798. The summed E-state index contributed by atoms with van der Waals surface area (Å²) in [4.78, 5) is 26.3. The first-order chi connectivity index (χ1) is 12.0. The summed E-state index contributed by atoms with van der Waals surface area (Å²) >= 11 is 9.32. The van der Waals surface area contributed by atoms with Gasteiger partial charge in [-0.1, -0.05) is 35.9 Å². The van der Waals surface area contributed by atoms with Gasteiger partial charge < -0.3 is 10.2 Å². The highest BCUT2D eigenvalue weighted by molar-refractivity contribution is 9.10. The van der Waals surface area contributed by atoms with Crippen LogP contribution in [0.5, 0.6) is 0 Å². The van der Waals surface area contributed by atoms with Crippen molar-refractivity contribution in [3.63, 3.8) is 0 Å². The van der Waals surface area contributed by atoms with E-state index >= 15 is 0 Å². The first kappa shape index (κ1) is 18.0. The topological polar surface area (TPSA) is 49.4 Å². The molecule has 4 nitrogen and oxygen atoms in total. The number of hydrogen-bond acceptors (Lipinski definition) is 2. The molecule has 1 unspecified atom stereocenters. The number of para-hydroxylation sites is 1. The van der Waals surface area contributed by atoms with Gasteiger partial charge in [0, 0.05) is 29.0 Å². The highest BCUT2D eigenvalue weighted by Crippen LogP contribution is 2.31. The fraction of sp³-hybridized carbons (Fsp3) is 0.263. The average Bonchev–Trinajstić information content (AvgIpc) is 2.99. The van der Waals surface area contributed by atoms with E-state index < -0.39 is 0 Å². The number of anilines is 1. The minimum Gasteiger partial charge on any atom is -0.355 e. The number of carbonyl (C=O) groups is 2. The van der Waals surface area contributed by atoms with Gasteiger partial charge >= 0.3 is 0 Å². The third kappa shape index (κ3) is 4.41. The summed E-state index contributed by atoms with van der Waals surface area (Å²) in [6, 6.07) is 15.1. The SMILES string of the molecule is O=C(NCCc1ccc(Cl)cc1)C1CC(=O)N(c2ccccc2Br)C1. The molecule has 1 N–H and O–H groups in total. The maximum absolute atomic E-state index is 12.4. The molecule has 3 rings (SSSR count). The smallest absolute Gasteiger partial charge is 0.227 e. The van der Waals surface area contributed by atoms with Crippen molar-refractivity contribution in [2.75, 3.05) is 18.0 Å². The molecule has 0 aliphatic carbocycles. The fourth-order valence-electron chi connectivity index (χ4n) is 2.91. The van der Waals surface area contributed by atoms with Crippen LogP contribution in [0.4, 0.5) is 5.69 Å². The molecule has 2 aromatic rings. The zero-order chi connectivity index (χ0) is 17.8. The van der Waals surface area contributed by atoms with Crippen LogP contribution in [0.25, 0.3) is 0 Å². The van der Waals surface area contributed by atoms with Gasteiger partial charge in [0.05, 0.1) is 11.6 Å². The Labute approximate surface area is 160 Å². The van der Waals surface area contributed by atoms with E-state index in [9.17, 15) is 9.59 Å². The molecular formula is C19H18BrClN2O2. The normalized spacial score (nSPS) is 17.0. The Hall–Kier alpha value is -1.85. The Morgan fingerprint density at radius 2 is 1.92 bits per heavy atom. The van der Waals surface area contributed by atoms with E-state index in [1.807, 2.05) is 48.5 Å². The van der Waals surface area contributed by atoms with E-state index in [1.165, 1.54) is 0 Å². The molecule has 0 aromatic heterocycles. The highest BCUT2D eigenvalue weighted by Gasteiger charge is 2.35. The van der Waals surface area contributed by atoms with Gasteiger partial charge in [-0.2, -0.15) is 0 Å². The summed E-state index contributed by atoms with van der Waals surface area (Å²) in [7, 11) is 0. The third-order valence-electron chi connectivity index (χ3n) is 4.27. The lowest BCUT2D eigenvalue weighted by Crippen LogP contribution is -2.34. The second kappa shape index (κ2) is 8.02. The molecule has 1 atom stereocenters. The third-order valence-corrected chi connectivity index (χ3v) is 5.19. The van der Waals surface area contributed by atoms with Crippen LogP contribution < -0.4 is 10.2 Å². The number of rotatable bonds is 5. The van der Waals surface area contributed by atoms with Gasteiger partial charge in [-0.3, -0.25) is 9.59 Å². The van der Waals surface area contributed by atoms with Crippen LogP contribution in [0.2, 0.25) is 5.02 Å². The number of carbonyl (C=O) groups excluding carboxylic acids is 2. The predicted octanol–water partition coefficient (Wildman–Crippen LogP) is 3.81. The van der Waals surface area contributed by atoms with E-state index in [-0.39, 0.29) is 24.2 Å². The Bertz CT molecular complexity index is 779. The molecule has 25 heavy (non-hydrogen) atoms. The lowest BCUT2D eigenvalue weighted by molar-refractivity contribution is -0.126. The van der Waals surface area contributed by atoms with Crippen LogP contribution in [0.1, 0.15) is 12.0 Å². The summed E-state index contributed by atoms with van der Waals surface area (Å²) in [6.45, 7) is 0.953. The van der Waals surface area contributed by atoms with Crippen molar-refractivity contribution < 1.29 is 9.59 Å². The fourth-order valence-corrected chi connectivity index (χ4v) is 3.54. The Kier molecular flexibility index (Phi) is 5.76. The van der Waals surface area contributed by atoms with Crippen molar-refractivity contribution >= 4 is 45.0 Å². The Balaban J connectivity index is 1.54. The number of hydrogen-bond donors (Lipinski definition) is 1. The summed E-state index contributed by atoms with van der Waals surface area (Å²) in [5.41, 5.74) is 1.92. The van der Waals surface area contributed by atoms with Crippen molar-refractivity contribution in [2.45, 2.75) is 12.8 Å². The van der Waals surface area contributed by atoms with E-state index in [0.29, 0.717) is 18.1 Å². The first-order valence-electron chi connectivity index (χ1n) is 8.11. The van der Waals surface area contributed by atoms with Crippen molar-refractivity contribution in [1.82, 2.24) is 5.32 Å². The largest absolute Gasteiger partial charge is 0.355 e. The van der Waals surface area contributed by atoms with E-state index in [1.54, 1.807) is 4.90 Å². The lowest BCUT2D eigenvalue weighted by atomic mass is 10.1. The molecule has 130 valence electrons. The van der Waals surface area contributed by atoms with E-state index in [2.05, 4.69) is 21.2 Å². The van der Waals surface area contributed by atoms with Crippen LogP contribution in [0.3, 0.4) is 0 Å². The maximum Gasteiger partial charge on any atom is 0.227 e. The first-order valence-corrected chi connectivity index (χ1v) is 9.29. The van der Waals surface area contributed by atoms with Crippen LogP contribution in [-0.4, -0.2) is 24.9 Å². The Morgan fingerprint density at radius 3 is 2.64 bits per heavy atom. The average molecular weight is 422 g/mol. The van der Waals surface area contributed by atoms with Crippen LogP contribution in [0.15, 0.2) is 53.0 Å². The number of benzene rings is 2. The number of amides is 2. The molecule has 1 aliphatic heterocycles. The van der Waals surface area contributed by atoms with Crippen molar-refractivity contribution in [3.8, 4) is 0 Å².